The van der Waals surface area contributed by atoms with Crippen molar-refractivity contribution in [3.63, 3.8) is 0 Å². The number of benzene rings is 2. The highest BCUT2D eigenvalue weighted by atomic mass is 19.1. The van der Waals surface area contributed by atoms with Crippen molar-refractivity contribution in [1.82, 2.24) is 14.7 Å². The predicted octanol–water partition coefficient (Wildman–Crippen LogP) is 3.43. The molecular formula is C29H35FN4O3. The minimum Gasteiger partial charge on any atom is -0.371 e. The Morgan fingerprint density at radius 1 is 0.946 bits per heavy atom. The fourth-order valence-electron chi connectivity index (χ4n) is 5.93. The van der Waals surface area contributed by atoms with Crippen molar-refractivity contribution < 1.29 is 18.8 Å². The Hall–Kier alpha value is -3.26. The fourth-order valence-corrected chi connectivity index (χ4v) is 5.93. The number of hydrogen-bond donors (Lipinski definition) is 0. The van der Waals surface area contributed by atoms with Crippen molar-refractivity contribution >= 4 is 23.4 Å². The van der Waals surface area contributed by atoms with Crippen LogP contribution in [0.5, 0.6) is 0 Å². The van der Waals surface area contributed by atoms with Gasteiger partial charge in [0.2, 0.25) is 5.91 Å². The van der Waals surface area contributed by atoms with Crippen LogP contribution in [0.1, 0.15) is 52.0 Å². The Labute approximate surface area is 217 Å². The maximum atomic E-state index is 14.1. The molecule has 2 aromatic rings. The fraction of sp³-hybridized carbons (Fsp3) is 0.483. The molecule has 2 fully saturated rings. The summed E-state index contributed by atoms with van der Waals surface area (Å²) in [5.41, 5.74) is 2.06. The first kappa shape index (κ1) is 25.4. The van der Waals surface area contributed by atoms with Gasteiger partial charge in [-0.05, 0) is 76.0 Å². The number of halogens is 1. The Morgan fingerprint density at radius 2 is 1.65 bits per heavy atom. The lowest BCUT2D eigenvalue weighted by Crippen LogP contribution is -2.48. The maximum absolute atomic E-state index is 14.1. The molecule has 2 aromatic carbocycles. The molecule has 0 unspecified atom stereocenters. The van der Waals surface area contributed by atoms with Gasteiger partial charge in [-0.3, -0.25) is 19.3 Å². The molecule has 0 radical (unpaired) electrons. The number of hydrogen-bond acceptors (Lipinski definition) is 5. The standard InChI is InChI=1S/C29H35FN4O3/c1-31-15-13-22(14-16-31)32(2)27(35)21-10-17-33(18-11-21)25-9-5-7-23-26(25)29(37)34(28(23)36)19-12-20-6-3-4-8-24(20)30/h3-9,21-22H,10-19H2,1-2H3. The van der Waals surface area contributed by atoms with E-state index in [9.17, 15) is 18.8 Å². The third-order valence-corrected chi connectivity index (χ3v) is 8.31. The van der Waals surface area contributed by atoms with Gasteiger partial charge in [0.25, 0.3) is 11.8 Å². The van der Waals surface area contributed by atoms with Crippen LogP contribution >= 0.6 is 0 Å². The summed E-state index contributed by atoms with van der Waals surface area (Å²) >= 11 is 0. The molecule has 0 spiro atoms. The molecule has 2 saturated heterocycles. The number of anilines is 1. The van der Waals surface area contributed by atoms with Gasteiger partial charge in [-0.25, -0.2) is 4.39 Å². The number of carbonyl (C=O) groups is 3. The van der Waals surface area contributed by atoms with Crippen molar-refractivity contribution in [2.75, 3.05) is 51.7 Å². The first-order valence-corrected chi connectivity index (χ1v) is 13.3. The number of carbonyl (C=O) groups excluding carboxylic acids is 3. The zero-order chi connectivity index (χ0) is 26.1. The molecule has 5 rings (SSSR count). The average Bonchev–Trinajstić information content (AvgIpc) is 3.17. The second-order valence-corrected chi connectivity index (χ2v) is 10.5. The zero-order valence-electron chi connectivity index (χ0n) is 21.7. The Morgan fingerprint density at radius 3 is 2.35 bits per heavy atom. The van der Waals surface area contributed by atoms with E-state index in [1.165, 1.54) is 11.0 Å². The number of imide groups is 1. The molecule has 0 saturated carbocycles. The number of rotatable bonds is 6. The van der Waals surface area contributed by atoms with Gasteiger partial charge in [0.05, 0.1) is 16.8 Å². The van der Waals surface area contributed by atoms with Crippen LogP contribution in [-0.4, -0.2) is 85.3 Å². The van der Waals surface area contributed by atoms with Crippen LogP contribution in [0.25, 0.3) is 0 Å². The molecule has 3 amide bonds. The second-order valence-electron chi connectivity index (χ2n) is 10.5. The molecule has 37 heavy (non-hydrogen) atoms. The summed E-state index contributed by atoms with van der Waals surface area (Å²) in [6.07, 6.45) is 3.73. The normalized spacial score (nSPS) is 19.4. The summed E-state index contributed by atoms with van der Waals surface area (Å²) in [6, 6.07) is 12.1. The maximum Gasteiger partial charge on any atom is 0.263 e. The zero-order valence-corrected chi connectivity index (χ0v) is 21.7. The molecule has 0 aliphatic carbocycles. The smallest absolute Gasteiger partial charge is 0.263 e. The monoisotopic (exact) mass is 506 g/mol. The van der Waals surface area contributed by atoms with Crippen LogP contribution in [0.15, 0.2) is 42.5 Å². The average molecular weight is 507 g/mol. The lowest BCUT2D eigenvalue weighted by Gasteiger charge is -2.39. The second kappa shape index (κ2) is 10.6. The molecule has 3 heterocycles. The molecule has 0 atom stereocenters. The van der Waals surface area contributed by atoms with Gasteiger partial charge in [-0.15, -0.1) is 0 Å². The van der Waals surface area contributed by atoms with Crippen LogP contribution in [0.3, 0.4) is 0 Å². The van der Waals surface area contributed by atoms with Crippen molar-refractivity contribution in [2.24, 2.45) is 5.92 Å². The van der Waals surface area contributed by atoms with Crippen LogP contribution in [0.2, 0.25) is 0 Å². The first-order valence-electron chi connectivity index (χ1n) is 13.3. The highest BCUT2D eigenvalue weighted by Crippen LogP contribution is 2.34. The molecular weight excluding hydrogens is 471 g/mol. The summed E-state index contributed by atoms with van der Waals surface area (Å²) in [5.74, 6) is -0.792. The van der Waals surface area contributed by atoms with E-state index in [1.807, 2.05) is 24.1 Å². The van der Waals surface area contributed by atoms with Crippen molar-refractivity contribution in [3.8, 4) is 0 Å². The van der Waals surface area contributed by atoms with E-state index in [1.54, 1.807) is 24.3 Å². The summed E-state index contributed by atoms with van der Waals surface area (Å²) in [5, 5.41) is 0. The van der Waals surface area contributed by atoms with Crippen LogP contribution in [-0.2, 0) is 11.2 Å². The summed E-state index contributed by atoms with van der Waals surface area (Å²) in [6.45, 7) is 3.48. The number of nitrogens with zero attached hydrogens (tertiary/aromatic N) is 4. The summed E-state index contributed by atoms with van der Waals surface area (Å²) in [7, 11) is 4.06. The lowest BCUT2D eigenvalue weighted by atomic mass is 9.92. The third kappa shape index (κ3) is 4.99. The molecule has 196 valence electrons. The van der Waals surface area contributed by atoms with Gasteiger partial charge in [-0.1, -0.05) is 24.3 Å². The van der Waals surface area contributed by atoms with Crippen LogP contribution in [0.4, 0.5) is 10.1 Å². The molecule has 3 aliphatic heterocycles. The van der Waals surface area contributed by atoms with Crippen molar-refractivity contribution in [3.05, 3.63) is 65.0 Å². The van der Waals surface area contributed by atoms with Gasteiger partial charge in [0.15, 0.2) is 0 Å². The summed E-state index contributed by atoms with van der Waals surface area (Å²) < 4.78 is 14.1. The van der Waals surface area contributed by atoms with Gasteiger partial charge in [0.1, 0.15) is 5.82 Å². The Kier molecular flexibility index (Phi) is 7.29. The number of amides is 3. The summed E-state index contributed by atoms with van der Waals surface area (Å²) in [4.78, 5) is 47.3. The van der Waals surface area contributed by atoms with Crippen molar-refractivity contribution in [1.29, 1.82) is 0 Å². The topological polar surface area (TPSA) is 64.2 Å². The number of piperidine rings is 2. The van der Waals surface area contributed by atoms with Crippen LogP contribution < -0.4 is 4.90 Å². The number of likely N-dealkylation sites (tertiary alicyclic amines) is 1. The van der Waals surface area contributed by atoms with Gasteiger partial charge in [-0.2, -0.15) is 0 Å². The lowest BCUT2D eigenvalue weighted by molar-refractivity contribution is -0.137. The van der Waals surface area contributed by atoms with E-state index in [4.69, 9.17) is 0 Å². The van der Waals surface area contributed by atoms with Gasteiger partial charge >= 0.3 is 0 Å². The quantitative estimate of drug-likeness (QED) is 0.562. The molecule has 8 heteroatoms. The van der Waals surface area contributed by atoms with Crippen LogP contribution in [0, 0.1) is 11.7 Å². The highest BCUT2D eigenvalue weighted by Gasteiger charge is 2.39. The molecule has 0 N–H and O–H groups in total. The Bertz CT molecular complexity index is 1190. The minimum atomic E-state index is -0.335. The van der Waals surface area contributed by atoms with E-state index in [2.05, 4.69) is 16.8 Å². The molecule has 7 nitrogen and oxygen atoms in total. The van der Waals surface area contributed by atoms with Gasteiger partial charge in [0, 0.05) is 38.6 Å². The largest absolute Gasteiger partial charge is 0.371 e. The van der Waals surface area contributed by atoms with E-state index in [0.717, 1.165) is 44.5 Å². The van der Waals surface area contributed by atoms with E-state index >= 15 is 0 Å². The Balaban J connectivity index is 1.24. The molecule has 0 aromatic heterocycles. The van der Waals surface area contributed by atoms with E-state index in [0.29, 0.717) is 35.8 Å². The minimum absolute atomic E-state index is 0.0210. The predicted molar refractivity (Wildman–Crippen MR) is 140 cm³/mol. The molecule has 3 aliphatic rings. The first-order chi connectivity index (χ1) is 17.8. The van der Waals surface area contributed by atoms with E-state index < -0.39 is 0 Å². The number of fused-ring (bicyclic) bond motifs is 1. The highest BCUT2D eigenvalue weighted by molar-refractivity contribution is 6.23. The SMILES string of the molecule is CN1CCC(N(C)C(=O)C2CCN(c3cccc4c3C(=O)N(CCc3ccccc3F)C4=O)CC2)CC1. The molecule has 0 bridgehead atoms. The van der Waals surface area contributed by atoms with Crippen molar-refractivity contribution in [2.45, 2.75) is 38.1 Å². The van der Waals surface area contributed by atoms with Gasteiger partial charge < -0.3 is 14.7 Å². The third-order valence-electron chi connectivity index (χ3n) is 8.31. The van der Waals surface area contributed by atoms with E-state index in [-0.39, 0.29) is 42.4 Å².